The molecule has 4 aliphatic rings. The van der Waals surface area contributed by atoms with E-state index in [2.05, 4.69) is 43.8 Å². The van der Waals surface area contributed by atoms with Gasteiger partial charge in [0.25, 0.3) is 0 Å². The molecule has 5 aromatic rings. The smallest absolute Gasteiger partial charge is 0.249 e. The second-order valence-electron chi connectivity index (χ2n) is 19.3. The summed E-state index contributed by atoms with van der Waals surface area (Å²) >= 11 is 0. The van der Waals surface area contributed by atoms with E-state index in [1.807, 2.05) is 56.2 Å². The van der Waals surface area contributed by atoms with Crippen molar-refractivity contribution in [3.63, 3.8) is 0 Å². The minimum Gasteiger partial charge on any atom is -0.373 e. The van der Waals surface area contributed by atoms with E-state index in [-0.39, 0.29) is 47.6 Å². The number of nitrogens with one attached hydrogen (secondary N) is 3. The Morgan fingerprint density at radius 2 is 1.61 bits per heavy atom. The van der Waals surface area contributed by atoms with Gasteiger partial charge in [0.2, 0.25) is 17.7 Å². The van der Waals surface area contributed by atoms with Gasteiger partial charge < -0.3 is 20.4 Å². The molecule has 7 heterocycles. The molecule has 1 aromatic carbocycles. The molecule has 3 N–H and O–H groups in total. The molecule has 0 bridgehead atoms. The fourth-order valence-electron chi connectivity index (χ4n) is 10.2. The van der Waals surface area contributed by atoms with Crippen molar-refractivity contribution in [2.24, 2.45) is 5.41 Å². The number of fused-ring (bicyclic) bond motifs is 1. The number of piperazine rings is 1. The number of piperidine rings is 2. The Labute approximate surface area is 382 Å². The summed E-state index contributed by atoms with van der Waals surface area (Å²) in [5.41, 5.74) is 3.28. The van der Waals surface area contributed by atoms with Crippen LogP contribution in [0.3, 0.4) is 0 Å². The number of halogens is 2. The minimum atomic E-state index is -0.733. The van der Waals surface area contributed by atoms with Crippen molar-refractivity contribution in [3.05, 3.63) is 72.4 Å². The number of hydrogen-bond acceptors (Lipinski definition) is 12. The number of aromatic nitrogens is 6. The van der Waals surface area contributed by atoms with Gasteiger partial charge in [-0.3, -0.25) is 29.3 Å². The van der Waals surface area contributed by atoms with Crippen LogP contribution in [0.2, 0.25) is 0 Å². The van der Waals surface area contributed by atoms with Crippen LogP contribution in [0.1, 0.15) is 97.1 Å². The predicted octanol–water partition coefficient (Wildman–Crippen LogP) is 6.24. The Morgan fingerprint density at radius 3 is 2.24 bits per heavy atom. The summed E-state index contributed by atoms with van der Waals surface area (Å²) in [6.07, 6.45) is 15.5. The van der Waals surface area contributed by atoms with E-state index in [0.717, 1.165) is 75.0 Å². The maximum atomic E-state index is 15.4. The zero-order valence-electron chi connectivity index (χ0n) is 38.0. The van der Waals surface area contributed by atoms with Gasteiger partial charge in [0, 0.05) is 86.5 Å². The molecule has 4 aromatic heterocycles. The highest BCUT2D eigenvalue weighted by molar-refractivity contribution is 6.01. The van der Waals surface area contributed by atoms with E-state index in [1.54, 1.807) is 21.8 Å². The van der Waals surface area contributed by atoms with Gasteiger partial charge >= 0.3 is 0 Å². The Hall–Kier alpha value is -6.48. The van der Waals surface area contributed by atoms with Crippen LogP contribution >= 0.6 is 0 Å². The molecule has 16 nitrogen and oxygen atoms in total. The van der Waals surface area contributed by atoms with Crippen LogP contribution in [0.25, 0.3) is 28.0 Å². The summed E-state index contributed by atoms with van der Waals surface area (Å²) in [5.74, 6) is -1.29. The number of rotatable bonds is 10. The van der Waals surface area contributed by atoms with Gasteiger partial charge in [0.1, 0.15) is 34.7 Å². The molecule has 66 heavy (non-hydrogen) atoms. The molecule has 0 spiro atoms. The second kappa shape index (κ2) is 18.1. The summed E-state index contributed by atoms with van der Waals surface area (Å²) in [6.45, 7) is 11.9. The average Bonchev–Trinajstić information content (AvgIpc) is 3.98. The summed E-state index contributed by atoms with van der Waals surface area (Å²) in [5, 5.41) is 27.6. The van der Waals surface area contributed by atoms with Crippen molar-refractivity contribution < 1.29 is 23.2 Å². The van der Waals surface area contributed by atoms with Crippen LogP contribution in [-0.4, -0.2) is 109 Å². The van der Waals surface area contributed by atoms with Crippen molar-refractivity contribution >= 4 is 40.4 Å². The highest BCUT2D eigenvalue weighted by Crippen LogP contribution is 2.38. The maximum Gasteiger partial charge on any atom is 0.249 e. The fourth-order valence-corrected chi connectivity index (χ4v) is 10.2. The summed E-state index contributed by atoms with van der Waals surface area (Å²) in [7, 11) is 0. The molecule has 1 aliphatic carbocycles. The zero-order valence-corrected chi connectivity index (χ0v) is 38.0. The highest BCUT2D eigenvalue weighted by atomic mass is 19.1. The minimum absolute atomic E-state index is 0.0632. The quantitative estimate of drug-likeness (QED) is 0.135. The molecule has 0 radical (unpaired) electrons. The van der Waals surface area contributed by atoms with Gasteiger partial charge in [0.05, 0.1) is 41.4 Å². The van der Waals surface area contributed by atoms with Crippen molar-refractivity contribution in [3.8, 4) is 28.6 Å². The third kappa shape index (κ3) is 9.05. The molecule has 1 atom stereocenters. The number of benzene rings is 1. The number of anilines is 3. The first-order valence-electron chi connectivity index (χ1n) is 23.2. The lowest BCUT2D eigenvalue weighted by Gasteiger charge is -2.42. The van der Waals surface area contributed by atoms with Crippen LogP contribution in [0, 0.1) is 28.4 Å². The number of imide groups is 1. The number of carbonyl (C=O) groups is 3. The first-order chi connectivity index (χ1) is 31.7. The zero-order chi connectivity index (χ0) is 46.3. The lowest BCUT2D eigenvalue weighted by atomic mass is 9.75. The van der Waals surface area contributed by atoms with E-state index < -0.39 is 29.0 Å². The summed E-state index contributed by atoms with van der Waals surface area (Å²) < 4.78 is 34.5. The van der Waals surface area contributed by atoms with E-state index in [0.29, 0.717) is 54.7 Å². The summed E-state index contributed by atoms with van der Waals surface area (Å²) in [6, 6.07) is 8.48. The van der Waals surface area contributed by atoms with E-state index >= 15 is 8.78 Å². The third-order valence-corrected chi connectivity index (χ3v) is 14.0. The topological polar surface area (TPSA) is 182 Å². The Balaban J connectivity index is 0.821. The van der Waals surface area contributed by atoms with Gasteiger partial charge in [-0.1, -0.05) is 6.92 Å². The molecular weight excluding hydrogens is 845 g/mol. The van der Waals surface area contributed by atoms with Crippen molar-refractivity contribution in [1.29, 1.82) is 5.26 Å². The van der Waals surface area contributed by atoms with Gasteiger partial charge in [-0.25, -0.2) is 23.3 Å². The monoisotopic (exact) mass is 901 g/mol. The average molecular weight is 902 g/mol. The normalized spacial score (nSPS) is 21.7. The van der Waals surface area contributed by atoms with Gasteiger partial charge in [-0.15, -0.1) is 0 Å². The van der Waals surface area contributed by atoms with Crippen LogP contribution in [0.4, 0.5) is 26.0 Å². The molecule has 0 unspecified atom stereocenters. The molecule has 3 saturated heterocycles. The van der Waals surface area contributed by atoms with E-state index in [9.17, 15) is 19.6 Å². The third-order valence-electron chi connectivity index (χ3n) is 14.0. The van der Waals surface area contributed by atoms with E-state index in [1.165, 1.54) is 12.1 Å². The van der Waals surface area contributed by atoms with Gasteiger partial charge in [0.15, 0.2) is 11.6 Å². The van der Waals surface area contributed by atoms with Crippen LogP contribution in [0.5, 0.6) is 0 Å². The lowest BCUT2D eigenvalue weighted by Crippen LogP contribution is -2.53. The molecule has 346 valence electrons. The summed E-state index contributed by atoms with van der Waals surface area (Å²) in [4.78, 5) is 53.3. The number of carbonyl (C=O) groups excluding carboxylic acids is 3. The van der Waals surface area contributed by atoms with Crippen LogP contribution in [0.15, 0.2) is 55.2 Å². The van der Waals surface area contributed by atoms with Gasteiger partial charge in [-0.2, -0.15) is 15.5 Å². The molecule has 18 heteroatoms. The SMILES string of the molecule is CCC1(C(=O)NC(C)(C)C)CCN(c2ccc(-c3nc(-c4cnn(C5CCC(N6CCN(c7c(F)cc(N[C@H]8CCC(=O)NC8=O)cc7F)CC6)CC5)c4)cn4ncc(C#N)c34)cn2)CC1. The number of nitriles is 1. The Bertz CT molecular complexity index is 2640. The lowest BCUT2D eigenvalue weighted by molar-refractivity contribution is -0.135. The number of amides is 3. The first-order valence-corrected chi connectivity index (χ1v) is 23.2. The molecule has 3 amide bonds. The second-order valence-corrected chi connectivity index (χ2v) is 19.3. The number of hydrogen-bond donors (Lipinski definition) is 3. The highest BCUT2D eigenvalue weighted by Gasteiger charge is 2.41. The molecule has 4 fully saturated rings. The molecular formula is C48H57F2N13O3. The Morgan fingerprint density at radius 1 is 0.894 bits per heavy atom. The van der Waals surface area contributed by atoms with Crippen LogP contribution in [-0.2, 0) is 14.4 Å². The van der Waals surface area contributed by atoms with Gasteiger partial charge in [-0.05, 0) is 96.4 Å². The van der Waals surface area contributed by atoms with Crippen molar-refractivity contribution in [1.82, 2.24) is 44.9 Å². The molecule has 9 rings (SSSR count). The largest absolute Gasteiger partial charge is 0.373 e. The maximum absolute atomic E-state index is 15.4. The standard InChI is InChI=1S/C48H57F2N13O3/c1-5-48(46(66)58-47(2,3)4)14-16-60(17-15-48)40-12-6-30(25-52-40)42-43-31(24-51)26-54-63(43)29-39(56-42)32-27-53-62(28-32)35-9-7-34(8-10-35)59-18-20-61(21-19-59)44-36(49)22-33(23-37(44)50)55-38-11-13-41(64)57-45(38)65/h6,12,22-23,25-29,34-35,38,55H,5,7-11,13-21H2,1-4H3,(H,58,66)(H,57,64,65)/t34?,35?,38-/m0/s1. The van der Waals surface area contributed by atoms with Crippen molar-refractivity contribution in [2.75, 3.05) is 54.4 Å². The Kier molecular flexibility index (Phi) is 12.2. The first kappa shape index (κ1) is 44.7. The predicted molar refractivity (Wildman–Crippen MR) is 245 cm³/mol. The molecule has 1 saturated carbocycles. The number of nitrogens with zero attached hydrogens (tertiary/aromatic N) is 10. The molecule has 3 aliphatic heterocycles. The van der Waals surface area contributed by atoms with E-state index in [4.69, 9.17) is 15.1 Å². The number of pyridine rings is 1. The van der Waals surface area contributed by atoms with Crippen LogP contribution < -0.4 is 25.8 Å². The van der Waals surface area contributed by atoms with Crippen molar-refractivity contribution in [2.45, 2.75) is 109 Å². The fraction of sp³-hybridized carbons (Fsp3) is 0.500.